The predicted molar refractivity (Wildman–Crippen MR) is 170 cm³/mol. The number of rotatable bonds is 14. The quantitative estimate of drug-likeness (QED) is 0.216. The van der Waals surface area contributed by atoms with E-state index in [0.717, 1.165) is 75.4 Å². The van der Waals surface area contributed by atoms with E-state index < -0.39 is 0 Å². The van der Waals surface area contributed by atoms with Crippen LogP contribution in [0.5, 0.6) is 34.5 Å². The molecule has 4 rings (SSSR count). The number of benzene rings is 2. The second-order valence-corrected chi connectivity index (χ2v) is 10.4. The van der Waals surface area contributed by atoms with Gasteiger partial charge < -0.3 is 33.3 Å². The van der Waals surface area contributed by atoms with Crippen molar-refractivity contribution in [3.63, 3.8) is 0 Å². The maximum atomic E-state index is 5.54. The maximum Gasteiger partial charge on any atom is 0.203 e. The first-order chi connectivity index (χ1) is 21.0. The Labute approximate surface area is 255 Å². The van der Waals surface area contributed by atoms with Crippen molar-refractivity contribution < 1.29 is 28.4 Å². The molecule has 3 aromatic rings. The lowest BCUT2D eigenvalue weighted by atomic mass is 10.1. The number of nitrogens with zero attached hydrogens (tertiary/aromatic N) is 3. The zero-order chi connectivity index (χ0) is 30.6. The number of pyridine rings is 1. The van der Waals surface area contributed by atoms with Crippen LogP contribution in [0.25, 0.3) is 17.3 Å². The molecule has 232 valence electrons. The third-order valence-corrected chi connectivity index (χ3v) is 7.71. The van der Waals surface area contributed by atoms with Gasteiger partial charge in [-0.1, -0.05) is 12.2 Å². The highest BCUT2D eigenvalue weighted by Crippen LogP contribution is 2.41. The molecule has 0 N–H and O–H groups in total. The standard InChI is InChI=1S/C34H45N3O6/c1-38-29-20-25(21-30(39-2)33(29)42-5)11-8-7-9-14-36-15-10-16-37(18-17-36)24-26-12-13-35-28(19-26)27-22-31(40-3)34(43-6)32(23-27)41-4/h8,11-13,19-23H,7,9-10,14-18,24H2,1-6H3/b11-8+. The molecule has 0 bridgehead atoms. The molecule has 2 heterocycles. The number of ether oxygens (including phenoxy) is 6. The normalized spacial score (nSPS) is 14.4. The van der Waals surface area contributed by atoms with Gasteiger partial charge in [0.05, 0.1) is 48.4 Å². The van der Waals surface area contributed by atoms with E-state index in [1.54, 1.807) is 42.7 Å². The molecule has 0 radical (unpaired) electrons. The highest BCUT2D eigenvalue weighted by molar-refractivity contribution is 5.69. The molecule has 0 atom stereocenters. The minimum atomic E-state index is 0.577. The summed E-state index contributed by atoms with van der Waals surface area (Å²) >= 11 is 0. The van der Waals surface area contributed by atoms with Crippen LogP contribution in [0.1, 0.15) is 30.4 Å². The van der Waals surface area contributed by atoms with Gasteiger partial charge in [0, 0.05) is 31.4 Å². The largest absolute Gasteiger partial charge is 0.493 e. The van der Waals surface area contributed by atoms with Crippen molar-refractivity contribution in [3.8, 4) is 45.8 Å². The minimum Gasteiger partial charge on any atom is -0.493 e. The zero-order valence-electron chi connectivity index (χ0n) is 26.4. The number of aromatic nitrogens is 1. The van der Waals surface area contributed by atoms with Crippen molar-refractivity contribution in [2.24, 2.45) is 0 Å². The molecule has 0 saturated carbocycles. The smallest absolute Gasteiger partial charge is 0.203 e. The van der Waals surface area contributed by atoms with E-state index in [1.807, 2.05) is 30.5 Å². The Morgan fingerprint density at radius 3 is 1.88 bits per heavy atom. The molecule has 2 aromatic carbocycles. The summed E-state index contributed by atoms with van der Waals surface area (Å²) in [7, 11) is 9.76. The Kier molecular flexibility index (Phi) is 11.9. The number of allylic oxidation sites excluding steroid dienone is 1. The molecule has 1 aliphatic rings. The first kappa shape index (κ1) is 32.0. The van der Waals surface area contributed by atoms with Crippen LogP contribution in [0.4, 0.5) is 0 Å². The second-order valence-electron chi connectivity index (χ2n) is 10.4. The summed E-state index contributed by atoms with van der Waals surface area (Å²) < 4.78 is 32.9. The summed E-state index contributed by atoms with van der Waals surface area (Å²) in [5.74, 6) is 3.76. The van der Waals surface area contributed by atoms with E-state index in [0.29, 0.717) is 34.5 Å². The molecule has 1 aromatic heterocycles. The Balaban J connectivity index is 1.29. The molecule has 0 aliphatic carbocycles. The summed E-state index contributed by atoms with van der Waals surface area (Å²) in [4.78, 5) is 9.76. The van der Waals surface area contributed by atoms with Crippen molar-refractivity contribution in [1.29, 1.82) is 0 Å². The Bertz CT molecular complexity index is 1310. The van der Waals surface area contributed by atoms with Crippen LogP contribution in [0, 0.1) is 0 Å². The van der Waals surface area contributed by atoms with Gasteiger partial charge in [0.1, 0.15) is 0 Å². The van der Waals surface area contributed by atoms with Gasteiger partial charge in [0.25, 0.3) is 0 Å². The molecule has 0 amide bonds. The average Bonchev–Trinajstić information content (AvgIpc) is 3.28. The van der Waals surface area contributed by atoms with Gasteiger partial charge in [-0.15, -0.1) is 0 Å². The van der Waals surface area contributed by atoms with Crippen LogP contribution in [0.3, 0.4) is 0 Å². The number of unbranched alkanes of at least 4 members (excludes halogenated alkanes) is 1. The molecule has 0 unspecified atom stereocenters. The van der Waals surface area contributed by atoms with E-state index in [9.17, 15) is 0 Å². The summed E-state index contributed by atoms with van der Waals surface area (Å²) in [6.45, 7) is 6.31. The molecular formula is C34H45N3O6. The number of hydrogen-bond donors (Lipinski definition) is 0. The van der Waals surface area contributed by atoms with Gasteiger partial charge >= 0.3 is 0 Å². The minimum absolute atomic E-state index is 0.577. The molecule has 0 spiro atoms. The van der Waals surface area contributed by atoms with Gasteiger partial charge in [0.15, 0.2) is 23.0 Å². The highest BCUT2D eigenvalue weighted by Gasteiger charge is 2.17. The van der Waals surface area contributed by atoms with Crippen LogP contribution < -0.4 is 28.4 Å². The third-order valence-electron chi connectivity index (χ3n) is 7.71. The van der Waals surface area contributed by atoms with Crippen molar-refractivity contribution in [2.75, 3.05) is 75.4 Å². The van der Waals surface area contributed by atoms with Crippen molar-refractivity contribution in [1.82, 2.24) is 14.8 Å². The van der Waals surface area contributed by atoms with E-state index in [-0.39, 0.29) is 0 Å². The highest BCUT2D eigenvalue weighted by atomic mass is 16.5. The molecular weight excluding hydrogens is 546 g/mol. The maximum absolute atomic E-state index is 5.54. The predicted octanol–water partition coefficient (Wildman–Crippen LogP) is 5.80. The molecule has 43 heavy (non-hydrogen) atoms. The van der Waals surface area contributed by atoms with Crippen molar-refractivity contribution >= 4 is 6.08 Å². The summed E-state index contributed by atoms with van der Waals surface area (Å²) in [6, 6.07) is 12.1. The van der Waals surface area contributed by atoms with E-state index >= 15 is 0 Å². The molecule has 9 nitrogen and oxygen atoms in total. The molecule has 1 aliphatic heterocycles. The third kappa shape index (κ3) is 8.33. The monoisotopic (exact) mass is 591 g/mol. The average molecular weight is 592 g/mol. The second kappa shape index (κ2) is 16.0. The number of hydrogen-bond acceptors (Lipinski definition) is 9. The zero-order valence-corrected chi connectivity index (χ0v) is 26.4. The Morgan fingerprint density at radius 1 is 0.698 bits per heavy atom. The topological polar surface area (TPSA) is 74.8 Å². The molecule has 9 heteroatoms. The SMILES string of the molecule is COc1cc(/C=C/CCCN2CCCN(Cc3ccnc(-c4cc(OC)c(OC)c(OC)c4)c3)CC2)cc(OC)c1OC. The van der Waals surface area contributed by atoms with Gasteiger partial charge in [-0.2, -0.15) is 0 Å². The lowest BCUT2D eigenvalue weighted by Crippen LogP contribution is -2.31. The first-order valence-electron chi connectivity index (χ1n) is 14.7. The van der Waals surface area contributed by atoms with Gasteiger partial charge in [-0.05, 0) is 86.4 Å². The fraction of sp³-hybridized carbons (Fsp3) is 0.441. The fourth-order valence-corrected chi connectivity index (χ4v) is 5.47. The summed E-state index contributed by atoms with van der Waals surface area (Å²) in [6.07, 6.45) is 9.51. The van der Waals surface area contributed by atoms with Crippen LogP contribution in [-0.4, -0.2) is 90.2 Å². The van der Waals surface area contributed by atoms with E-state index in [2.05, 4.69) is 39.1 Å². The summed E-state index contributed by atoms with van der Waals surface area (Å²) in [5.41, 5.74) is 4.08. The van der Waals surface area contributed by atoms with Crippen LogP contribution in [0.15, 0.2) is 48.7 Å². The Hall–Kier alpha value is -3.95. The first-order valence-corrected chi connectivity index (χ1v) is 14.7. The van der Waals surface area contributed by atoms with Crippen LogP contribution in [0.2, 0.25) is 0 Å². The van der Waals surface area contributed by atoms with Crippen molar-refractivity contribution in [3.05, 3.63) is 59.8 Å². The molecule has 1 fully saturated rings. The van der Waals surface area contributed by atoms with Crippen LogP contribution >= 0.6 is 0 Å². The van der Waals surface area contributed by atoms with Gasteiger partial charge in [0.2, 0.25) is 11.5 Å². The van der Waals surface area contributed by atoms with E-state index in [1.165, 1.54) is 5.56 Å². The van der Waals surface area contributed by atoms with Gasteiger partial charge in [-0.3, -0.25) is 9.88 Å². The summed E-state index contributed by atoms with van der Waals surface area (Å²) in [5, 5.41) is 0. The van der Waals surface area contributed by atoms with E-state index in [4.69, 9.17) is 28.4 Å². The fourth-order valence-electron chi connectivity index (χ4n) is 5.47. The number of methoxy groups -OCH3 is 6. The Morgan fingerprint density at radius 2 is 1.28 bits per heavy atom. The van der Waals surface area contributed by atoms with Gasteiger partial charge in [-0.25, -0.2) is 0 Å². The lowest BCUT2D eigenvalue weighted by Gasteiger charge is -2.22. The van der Waals surface area contributed by atoms with Crippen LogP contribution in [-0.2, 0) is 6.54 Å². The lowest BCUT2D eigenvalue weighted by molar-refractivity contribution is 0.250. The molecule has 1 saturated heterocycles. The van der Waals surface area contributed by atoms with Crippen molar-refractivity contribution in [2.45, 2.75) is 25.8 Å².